The van der Waals surface area contributed by atoms with E-state index in [1.165, 1.54) is 11.5 Å². The van der Waals surface area contributed by atoms with Crippen LogP contribution in [-0.2, 0) is 0 Å². The maximum Gasteiger partial charge on any atom is 0.114 e. The van der Waals surface area contributed by atoms with Gasteiger partial charge in [-0.05, 0) is 23.7 Å². The summed E-state index contributed by atoms with van der Waals surface area (Å²) >= 11 is 1.35. The predicted molar refractivity (Wildman–Crippen MR) is 44.0 cm³/mol. The normalized spacial score (nSPS) is 10.4. The van der Waals surface area contributed by atoms with Crippen molar-refractivity contribution in [3.05, 3.63) is 24.3 Å². The van der Waals surface area contributed by atoms with Gasteiger partial charge >= 0.3 is 0 Å². The van der Waals surface area contributed by atoms with Crippen LogP contribution in [-0.4, -0.2) is 4.37 Å². The Morgan fingerprint density at radius 1 is 1.30 bits per heavy atom. The van der Waals surface area contributed by atoms with Crippen molar-refractivity contribution in [2.75, 3.05) is 5.73 Å². The molecular weight excluding hydrogens is 144 g/mol. The number of nitrogen functional groups attached to an aromatic ring is 1. The van der Waals surface area contributed by atoms with E-state index >= 15 is 0 Å². The fourth-order valence-electron chi connectivity index (χ4n) is 0.909. The summed E-state index contributed by atoms with van der Waals surface area (Å²) in [5.41, 5.74) is 6.62. The van der Waals surface area contributed by atoms with Gasteiger partial charge in [0.2, 0.25) is 0 Å². The Balaban J connectivity index is 2.93. The molecule has 0 aliphatic heterocycles. The standard InChI is InChI=1S/C7H6N2S/c8-7-5-3-1-2-4-6(5)9-10-7/h1-4H,8H2. The zero-order valence-electron chi connectivity index (χ0n) is 5.24. The van der Waals surface area contributed by atoms with Gasteiger partial charge in [0.05, 0.1) is 5.52 Å². The van der Waals surface area contributed by atoms with Crippen molar-refractivity contribution in [3.63, 3.8) is 0 Å². The van der Waals surface area contributed by atoms with Crippen LogP contribution in [0.5, 0.6) is 0 Å². The molecule has 0 aliphatic carbocycles. The van der Waals surface area contributed by atoms with E-state index in [4.69, 9.17) is 5.73 Å². The molecule has 2 nitrogen and oxygen atoms in total. The summed E-state index contributed by atoms with van der Waals surface area (Å²) < 4.78 is 4.13. The van der Waals surface area contributed by atoms with Crippen molar-refractivity contribution in [1.82, 2.24) is 4.37 Å². The quantitative estimate of drug-likeness (QED) is 0.622. The molecule has 0 radical (unpaired) electrons. The lowest BCUT2D eigenvalue weighted by Crippen LogP contribution is -1.76. The van der Waals surface area contributed by atoms with Gasteiger partial charge in [-0.1, -0.05) is 12.1 Å². The van der Waals surface area contributed by atoms with E-state index in [-0.39, 0.29) is 0 Å². The van der Waals surface area contributed by atoms with Crippen LogP contribution in [0.25, 0.3) is 10.9 Å². The second-order valence-electron chi connectivity index (χ2n) is 2.06. The number of fused-ring (bicyclic) bond motifs is 1. The van der Waals surface area contributed by atoms with Crippen molar-refractivity contribution in [1.29, 1.82) is 0 Å². The number of hydrogen-bond acceptors (Lipinski definition) is 3. The number of hydrogen-bond donors (Lipinski definition) is 1. The number of benzene rings is 1. The molecule has 0 saturated heterocycles. The van der Waals surface area contributed by atoms with E-state index in [0.29, 0.717) is 0 Å². The Morgan fingerprint density at radius 2 is 2.10 bits per heavy atom. The van der Waals surface area contributed by atoms with Crippen molar-refractivity contribution >= 4 is 27.4 Å². The molecule has 0 saturated carbocycles. The molecule has 0 amide bonds. The molecule has 1 aromatic heterocycles. The van der Waals surface area contributed by atoms with E-state index in [0.717, 1.165) is 15.9 Å². The largest absolute Gasteiger partial charge is 0.389 e. The van der Waals surface area contributed by atoms with Crippen LogP contribution in [0.2, 0.25) is 0 Å². The molecule has 3 heteroatoms. The van der Waals surface area contributed by atoms with Gasteiger partial charge in [-0.2, -0.15) is 4.37 Å². The molecule has 2 aromatic rings. The SMILES string of the molecule is Nc1snc2ccccc12. The molecular formula is C7H6N2S. The summed E-state index contributed by atoms with van der Waals surface area (Å²) in [5.74, 6) is 0. The van der Waals surface area contributed by atoms with E-state index in [9.17, 15) is 0 Å². The highest BCUT2D eigenvalue weighted by Crippen LogP contribution is 2.23. The highest BCUT2D eigenvalue weighted by molar-refractivity contribution is 7.11. The minimum Gasteiger partial charge on any atom is -0.389 e. The summed E-state index contributed by atoms with van der Waals surface area (Å²) in [5, 5.41) is 1.86. The summed E-state index contributed by atoms with van der Waals surface area (Å²) in [6.45, 7) is 0. The second kappa shape index (κ2) is 1.95. The van der Waals surface area contributed by atoms with E-state index < -0.39 is 0 Å². The first-order valence-electron chi connectivity index (χ1n) is 2.98. The van der Waals surface area contributed by atoms with Gasteiger partial charge in [0.15, 0.2) is 0 Å². The first-order valence-corrected chi connectivity index (χ1v) is 3.75. The lowest BCUT2D eigenvalue weighted by molar-refractivity contribution is 1.67. The zero-order valence-corrected chi connectivity index (χ0v) is 6.06. The minimum absolute atomic E-state index is 0.801. The lowest BCUT2D eigenvalue weighted by Gasteiger charge is -1.84. The topological polar surface area (TPSA) is 38.9 Å². The molecule has 1 heterocycles. The number of anilines is 1. The third-order valence-electron chi connectivity index (χ3n) is 1.41. The number of nitrogens with zero attached hydrogens (tertiary/aromatic N) is 1. The maximum atomic E-state index is 5.63. The predicted octanol–water partition coefficient (Wildman–Crippen LogP) is 1.88. The summed E-state index contributed by atoms with van der Waals surface area (Å²) in [7, 11) is 0. The molecule has 10 heavy (non-hydrogen) atoms. The Kier molecular flexibility index (Phi) is 1.11. The van der Waals surface area contributed by atoms with Gasteiger partial charge in [0.25, 0.3) is 0 Å². The molecule has 2 rings (SSSR count). The van der Waals surface area contributed by atoms with Crippen LogP contribution in [0.1, 0.15) is 0 Å². The third-order valence-corrected chi connectivity index (χ3v) is 2.12. The zero-order chi connectivity index (χ0) is 6.97. The van der Waals surface area contributed by atoms with Crippen LogP contribution in [0.3, 0.4) is 0 Å². The van der Waals surface area contributed by atoms with Crippen LogP contribution >= 0.6 is 11.5 Å². The average molecular weight is 150 g/mol. The summed E-state index contributed by atoms with van der Waals surface area (Å²) in [4.78, 5) is 0. The smallest absolute Gasteiger partial charge is 0.114 e. The highest BCUT2D eigenvalue weighted by Gasteiger charge is 1.98. The molecule has 2 N–H and O–H groups in total. The summed E-state index contributed by atoms with van der Waals surface area (Å²) in [6.07, 6.45) is 0. The Morgan fingerprint density at radius 3 is 2.90 bits per heavy atom. The van der Waals surface area contributed by atoms with E-state index in [2.05, 4.69) is 4.37 Å². The number of nitrogens with two attached hydrogens (primary N) is 1. The summed E-state index contributed by atoms with van der Waals surface area (Å²) in [6, 6.07) is 7.87. The lowest BCUT2D eigenvalue weighted by atomic mass is 10.2. The second-order valence-corrected chi connectivity index (χ2v) is 2.87. The third kappa shape index (κ3) is 0.675. The van der Waals surface area contributed by atoms with Gasteiger partial charge in [-0.25, -0.2) is 0 Å². The van der Waals surface area contributed by atoms with Gasteiger partial charge in [-0.15, -0.1) is 0 Å². The molecule has 0 bridgehead atoms. The number of aromatic nitrogens is 1. The molecule has 1 aromatic carbocycles. The fourth-order valence-corrected chi connectivity index (χ4v) is 1.54. The van der Waals surface area contributed by atoms with Crippen molar-refractivity contribution in [2.45, 2.75) is 0 Å². The van der Waals surface area contributed by atoms with Crippen molar-refractivity contribution in [2.24, 2.45) is 0 Å². The minimum atomic E-state index is 0.801. The van der Waals surface area contributed by atoms with Crippen LogP contribution in [0.15, 0.2) is 24.3 Å². The van der Waals surface area contributed by atoms with Crippen LogP contribution in [0, 0.1) is 0 Å². The Labute approximate surface area is 62.5 Å². The monoisotopic (exact) mass is 150 g/mol. The van der Waals surface area contributed by atoms with E-state index in [1.807, 2.05) is 24.3 Å². The Bertz CT molecular complexity index is 353. The maximum absolute atomic E-state index is 5.63. The van der Waals surface area contributed by atoms with Crippen LogP contribution in [0.4, 0.5) is 5.00 Å². The van der Waals surface area contributed by atoms with Gasteiger partial charge < -0.3 is 5.73 Å². The van der Waals surface area contributed by atoms with E-state index in [1.54, 1.807) is 0 Å². The molecule has 0 spiro atoms. The van der Waals surface area contributed by atoms with Crippen molar-refractivity contribution < 1.29 is 0 Å². The van der Waals surface area contributed by atoms with Gasteiger partial charge in [0, 0.05) is 5.39 Å². The molecule has 0 atom stereocenters. The highest BCUT2D eigenvalue weighted by atomic mass is 32.1. The molecule has 50 valence electrons. The molecule has 0 fully saturated rings. The first-order chi connectivity index (χ1) is 4.88. The van der Waals surface area contributed by atoms with Crippen molar-refractivity contribution in [3.8, 4) is 0 Å². The first kappa shape index (κ1) is 5.68. The van der Waals surface area contributed by atoms with Gasteiger partial charge in [0.1, 0.15) is 5.00 Å². The molecule has 0 unspecified atom stereocenters. The van der Waals surface area contributed by atoms with Crippen LogP contribution < -0.4 is 5.73 Å². The average Bonchev–Trinajstić information content (AvgIpc) is 2.34. The van der Waals surface area contributed by atoms with Gasteiger partial charge in [-0.3, -0.25) is 0 Å². The molecule has 0 aliphatic rings. The Hall–Kier alpha value is -1.09. The number of rotatable bonds is 0. The fraction of sp³-hybridized carbons (Fsp3) is 0.